The summed E-state index contributed by atoms with van der Waals surface area (Å²) in [4.78, 5) is 2.21. The normalized spacial score (nSPS) is 12.4. The van der Waals surface area contributed by atoms with E-state index in [-0.39, 0.29) is 10.8 Å². The van der Waals surface area contributed by atoms with Gasteiger partial charge in [-0.3, -0.25) is 0 Å². The van der Waals surface area contributed by atoms with Gasteiger partial charge in [-0.1, -0.05) is 60.3 Å². The number of rotatable bonds is 2. The van der Waals surface area contributed by atoms with Crippen LogP contribution in [0.25, 0.3) is 0 Å². The van der Waals surface area contributed by atoms with Crippen molar-refractivity contribution in [2.45, 2.75) is 53.9 Å². The number of benzene rings is 1. The molecule has 0 aliphatic heterocycles. The molecule has 1 nitrogen and oxygen atoms in total. The van der Waals surface area contributed by atoms with E-state index in [1.807, 2.05) is 0 Å². The lowest BCUT2D eigenvalue weighted by molar-refractivity contribution is 0.492. The van der Waals surface area contributed by atoms with Gasteiger partial charge in [-0.05, 0) is 29.5 Å². The van der Waals surface area contributed by atoms with Crippen molar-refractivity contribution in [1.82, 2.24) is 0 Å². The Bertz CT molecular complexity index is 469. The Balaban J connectivity index is 3.14. The van der Waals surface area contributed by atoms with Crippen molar-refractivity contribution < 1.29 is 0 Å². The van der Waals surface area contributed by atoms with Crippen molar-refractivity contribution in [3.8, 4) is 0 Å². The van der Waals surface area contributed by atoms with Gasteiger partial charge in [0.1, 0.15) is 0 Å². The highest BCUT2D eigenvalue weighted by Gasteiger charge is 2.21. The van der Waals surface area contributed by atoms with E-state index in [4.69, 9.17) is 0 Å². The highest BCUT2D eigenvalue weighted by Crippen LogP contribution is 2.33. The van der Waals surface area contributed by atoms with Crippen molar-refractivity contribution >= 4 is 5.69 Å². The first kappa shape index (κ1) is 15.8. The molecule has 0 N–H and O–H groups in total. The summed E-state index contributed by atoms with van der Waals surface area (Å²) in [5.74, 6) is 0. The second kappa shape index (κ2) is 5.03. The Morgan fingerprint density at radius 3 is 1.95 bits per heavy atom. The topological polar surface area (TPSA) is 3.24 Å². The molecule has 19 heavy (non-hydrogen) atoms. The largest absolute Gasteiger partial charge is 0.348 e. The van der Waals surface area contributed by atoms with E-state index in [9.17, 15) is 0 Å². The lowest BCUT2D eigenvalue weighted by Gasteiger charge is -2.33. The fraction of sp³-hybridized carbons (Fsp3) is 0.556. The molecule has 1 rings (SSSR count). The zero-order chi connectivity index (χ0) is 15.0. The van der Waals surface area contributed by atoms with Crippen LogP contribution in [0.1, 0.15) is 52.7 Å². The molecule has 1 aromatic rings. The smallest absolute Gasteiger partial charge is 0.0435 e. The summed E-state index contributed by atoms with van der Waals surface area (Å²) in [6.07, 6.45) is 0. The molecule has 0 aromatic heterocycles. The average Bonchev–Trinajstić information content (AvgIpc) is 2.24. The molecule has 106 valence electrons. The first-order valence-electron chi connectivity index (χ1n) is 6.99. The summed E-state index contributed by atoms with van der Waals surface area (Å²) < 4.78 is 0. The van der Waals surface area contributed by atoms with Gasteiger partial charge < -0.3 is 4.90 Å². The minimum absolute atomic E-state index is 0.0872. The molecule has 0 unspecified atom stereocenters. The van der Waals surface area contributed by atoms with Gasteiger partial charge in [0, 0.05) is 23.8 Å². The first-order chi connectivity index (χ1) is 8.44. The van der Waals surface area contributed by atoms with E-state index in [1.165, 1.54) is 16.8 Å². The third-order valence-corrected chi connectivity index (χ3v) is 3.69. The molecule has 0 saturated heterocycles. The third-order valence-electron chi connectivity index (χ3n) is 3.69. The predicted octanol–water partition coefficient (Wildman–Crippen LogP) is 5.29. The maximum absolute atomic E-state index is 4.24. The quantitative estimate of drug-likeness (QED) is 0.697. The third kappa shape index (κ3) is 3.62. The molecule has 0 spiro atoms. The van der Waals surface area contributed by atoms with Crippen molar-refractivity contribution in [2.24, 2.45) is 5.41 Å². The van der Waals surface area contributed by atoms with Gasteiger partial charge in [0.25, 0.3) is 0 Å². The maximum atomic E-state index is 4.24. The Hall–Kier alpha value is -1.24. The highest BCUT2D eigenvalue weighted by atomic mass is 15.1. The molecule has 0 heterocycles. The van der Waals surface area contributed by atoms with Crippen LogP contribution in [0.3, 0.4) is 0 Å². The van der Waals surface area contributed by atoms with Gasteiger partial charge >= 0.3 is 0 Å². The van der Waals surface area contributed by atoms with Gasteiger partial charge in [0.15, 0.2) is 0 Å². The van der Waals surface area contributed by atoms with E-state index in [2.05, 4.69) is 85.2 Å². The molecule has 0 aliphatic rings. The van der Waals surface area contributed by atoms with Crippen LogP contribution < -0.4 is 4.90 Å². The number of anilines is 1. The second-order valence-electron chi connectivity index (χ2n) is 7.51. The molecular weight excluding hydrogens is 230 g/mol. The standard InChI is InChI=1S/C18H29N/c1-13-12-15(18(6,7)8)10-11-16(13)19(9)14(2)17(3,4)5/h10-12H,2H2,1,3-9H3. The zero-order valence-electron chi connectivity index (χ0n) is 13.9. The second-order valence-corrected chi connectivity index (χ2v) is 7.51. The number of allylic oxidation sites excluding steroid dienone is 1. The fourth-order valence-electron chi connectivity index (χ4n) is 2.15. The van der Waals surface area contributed by atoms with E-state index >= 15 is 0 Å². The van der Waals surface area contributed by atoms with E-state index < -0.39 is 0 Å². The van der Waals surface area contributed by atoms with Crippen LogP contribution in [-0.4, -0.2) is 7.05 Å². The van der Waals surface area contributed by atoms with Gasteiger partial charge in [-0.15, -0.1) is 0 Å². The maximum Gasteiger partial charge on any atom is 0.0435 e. The van der Waals surface area contributed by atoms with Gasteiger partial charge in [-0.25, -0.2) is 0 Å². The number of hydrogen-bond acceptors (Lipinski definition) is 1. The Morgan fingerprint density at radius 2 is 1.58 bits per heavy atom. The number of nitrogens with zero attached hydrogens (tertiary/aromatic N) is 1. The van der Waals surface area contributed by atoms with E-state index in [0.717, 1.165) is 5.70 Å². The minimum atomic E-state index is 0.0872. The molecule has 1 aromatic carbocycles. The van der Waals surface area contributed by atoms with Gasteiger partial charge in [0.05, 0.1) is 0 Å². The minimum Gasteiger partial charge on any atom is -0.348 e. The molecule has 0 saturated carbocycles. The van der Waals surface area contributed by atoms with Crippen LogP contribution in [0.15, 0.2) is 30.5 Å². The Kier molecular flexibility index (Phi) is 4.19. The summed E-state index contributed by atoms with van der Waals surface area (Å²) >= 11 is 0. The van der Waals surface area contributed by atoms with Crippen molar-refractivity contribution in [3.05, 3.63) is 41.6 Å². The molecule has 1 heteroatoms. The fourth-order valence-corrected chi connectivity index (χ4v) is 2.15. The first-order valence-corrected chi connectivity index (χ1v) is 6.99. The molecule has 0 aliphatic carbocycles. The molecule has 0 bridgehead atoms. The Labute approximate surface area is 119 Å². The zero-order valence-corrected chi connectivity index (χ0v) is 13.9. The monoisotopic (exact) mass is 259 g/mol. The van der Waals surface area contributed by atoms with Crippen molar-refractivity contribution in [2.75, 3.05) is 11.9 Å². The predicted molar refractivity (Wildman–Crippen MR) is 86.9 cm³/mol. The molecule has 0 amide bonds. The van der Waals surface area contributed by atoms with Crippen LogP contribution >= 0.6 is 0 Å². The van der Waals surface area contributed by atoms with Gasteiger partial charge in [-0.2, -0.15) is 0 Å². The number of aryl methyl sites for hydroxylation is 1. The SMILES string of the molecule is C=C(N(C)c1ccc(C(C)(C)C)cc1C)C(C)(C)C. The van der Waals surface area contributed by atoms with Crippen molar-refractivity contribution in [1.29, 1.82) is 0 Å². The summed E-state index contributed by atoms with van der Waals surface area (Å²) in [6.45, 7) is 19.8. The summed E-state index contributed by atoms with van der Waals surface area (Å²) in [7, 11) is 2.10. The van der Waals surface area contributed by atoms with Crippen LogP contribution in [0.5, 0.6) is 0 Å². The van der Waals surface area contributed by atoms with Crippen LogP contribution in [-0.2, 0) is 5.41 Å². The summed E-state index contributed by atoms with van der Waals surface area (Å²) in [6, 6.07) is 6.74. The number of hydrogen-bond donors (Lipinski definition) is 0. The van der Waals surface area contributed by atoms with Crippen LogP contribution in [0, 0.1) is 12.3 Å². The molecular formula is C18H29N. The van der Waals surface area contributed by atoms with E-state index in [1.54, 1.807) is 0 Å². The lowest BCUT2D eigenvalue weighted by atomic mass is 9.85. The van der Waals surface area contributed by atoms with E-state index in [0.29, 0.717) is 0 Å². The molecule has 0 atom stereocenters. The van der Waals surface area contributed by atoms with Crippen molar-refractivity contribution in [3.63, 3.8) is 0 Å². The molecule has 0 fully saturated rings. The van der Waals surface area contributed by atoms with Gasteiger partial charge in [0.2, 0.25) is 0 Å². The summed E-state index contributed by atoms with van der Waals surface area (Å²) in [5, 5.41) is 0. The van der Waals surface area contributed by atoms with Crippen LogP contribution in [0.2, 0.25) is 0 Å². The average molecular weight is 259 g/mol. The highest BCUT2D eigenvalue weighted by molar-refractivity contribution is 5.58. The Morgan fingerprint density at radius 1 is 1.05 bits per heavy atom. The lowest BCUT2D eigenvalue weighted by Crippen LogP contribution is -2.26. The molecule has 0 radical (unpaired) electrons. The summed E-state index contributed by atoms with van der Waals surface area (Å²) in [5.41, 5.74) is 5.35. The van der Waals surface area contributed by atoms with Crippen LogP contribution in [0.4, 0.5) is 5.69 Å².